The average Bonchev–Trinajstić information content (AvgIpc) is 2.57. The smallest absolute Gasteiger partial charge is 0.198 e. The lowest BCUT2D eigenvalue weighted by Gasteiger charge is -2.13. The Morgan fingerprint density at radius 2 is 1.82 bits per heavy atom. The third-order valence-corrected chi connectivity index (χ3v) is 4.84. The summed E-state index contributed by atoms with van der Waals surface area (Å²) in [5.74, 6) is 0. The van der Waals surface area contributed by atoms with Crippen molar-refractivity contribution < 1.29 is 4.57 Å². The van der Waals surface area contributed by atoms with Crippen molar-refractivity contribution in [2.75, 3.05) is 0 Å². The van der Waals surface area contributed by atoms with Gasteiger partial charge in [0, 0.05) is 23.6 Å². The van der Waals surface area contributed by atoms with Gasteiger partial charge in [-0.2, -0.15) is 4.57 Å². The maximum atomic E-state index is 2.37. The molecule has 1 nitrogen and oxygen atoms in total. The van der Waals surface area contributed by atoms with Crippen LogP contribution in [0.1, 0.15) is 23.2 Å². The van der Waals surface area contributed by atoms with E-state index in [-0.39, 0.29) is 0 Å². The van der Waals surface area contributed by atoms with Gasteiger partial charge in [-0.3, -0.25) is 0 Å². The van der Waals surface area contributed by atoms with Crippen LogP contribution in [0.25, 0.3) is 28.1 Å². The number of fused-ring (bicyclic) bond motifs is 2. The number of rotatable bonds is 1. The highest BCUT2D eigenvalue weighted by Gasteiger charge is 2.21. The molecule has 108 valence electrons. The van der Waals surface area contributed by atoms with E-state index in [2.05, 4.69) is 79.2 Å². The predicted octanol–water partition coefficient (Wildman–Crippen LogP) is 4.60. The minimum Gasteiger partial charge on any atom is -0.198 e. The summed E-state index contributed by atoms with van der Waals surface area (Å²) in [5, 5.41) is 2.66. The molecule has 1 aromatic heterocycles. The van der Waals surface area contributed by atoms with Crippen molar-refractivity contribution in [3.05, 3.63) is 71.4 Å². The maximum absolute atomic E-state index is 2.37. The molecule has 2 aromatic carbocycles. The second kappa shape index (κ2) is 5.10. The van der Waals surface area contributed by atoms with E-state index in [1.54, 1.807) is 0 Å². The predicted molar refractivity (Wildman–Crippen MR) is 92.7 cm³/mol. The van der Waals surface area contributed by atoms with E-state index in [9.17, 15) is 0 Å². The number of hydrogen-bond acceptors (Lipinski definition) is 0. The van der Waals surface area contributed by atoms with Crippen LogP contribution in [0.3, 0.4) is 0 Å². The Morgan fingerprint density at radius 1 is 0.955 bits per heavy atom. The molecule has 0 spiro atoms. The molecule has 0 fully saturated rings. The van der Waals surface area contributed by atoms with Crippen LogP contribution in [0.2, 0.25) is 0 Å². The highest BCUT2D eigenvalue weighted by Crippen LogP contribution is 2.29. The van der Waals surface area contributed by atoms with Crippen LogP contribution >= 0.6 is 0 Å². The van der Waals surface area contributed by atoms with Gasteiger partial charge in [0.05, 0.1) is 0 Å². The van der Waals surface area contributed by atoms with E-state index < -0.39 is 0 Å². The van der Waals surface area contributed by atoms with E-state index in [4.69, 9.17) is 0 Å². The van der Waals surface area contributed by atoms with Crippen molar-refractivity contribution in [3.63, 3.8) is 0 Å². The molecule has 0 radical (unpaired) electrons. The van der Waals surface area contributed by atoms with Gasteiger partial charge in [-0.25, -0.2) is 0 Å². The van der Waals surface area contributed by atoms with Gasteiger partial charge in [0.2, 0.25) is 5.69 Å². The van der Waals surface area contributed by atoms with Crippen molar-refractivity contribution in [1.29, 1.82) is 0 Å². The first kappa shape index (κ1) is 13.3. The molecular weight excluding hydrogens is 266 g/mol. The number of aromatic nitrogens is 1. The number of aryl methyl sites for hydroxylation is 1. The topological polar surface area (TPSA) is 3.88 Å². The van der Waals surface area contributed by atoms with Crippen LogP contribution in [0, 0.1) is 6.92 Å². The Balaban J connectivity index is 1.96. The first-order chi connectivity index (χ1) is 10.8. The van der Waals surface area contributed by atoms with Crippen LogP contribution in [-0.4, -0.2) is 0 Å². The second-order valence-electron chi connectivity index (χ2n) is 6.08. The van der Waals surface area contributed by atoms with Crippen molar-refractivity contribution in [1.82, 2.24) is 0 Å². The van der Waals surface area contributed by atoms with E-state index in [0.29, 0.717) is 0 Å². The Bertz CT molecular complexity index is 903. The molecule has 0 saturated heterocycles. The molecule has 0 amide bonds. The highest BCUT2D eigenvalue weighted by atomic mass is 14.9. The number of nitrogens with zero attached hydrogens (tertiary/aromatic N) is 1. The zero-order chi connectivity index (χ0) is 15.1. The number of benzene rings is 2. The van der Waals surface area contributed by atoms with Crippen LogP contribution in [0.15, 0.2) is 54.6 Å². The van der Waals surface area contributed by atoms with Crippen molar-refractivity contribution in [2.45, 2.75) is 19.8 Å². The molecule has 0 aliphatic heterocycles. The minimum atomic E-state index is 1.13. The molecule has 1 aliphatic rings. The van der Waals surface area contributed by atoms with E-state index in [0.717, 1.165) is 12.8 Å². The fourth-order valence-corrected chi connectivity index (χ4v) is 3.58. The van der Waals surface area contributed by atoms with Crippen molar-refractivity contribution in [3.8, 4) is 11.3 Å². The Labute approximate surface area is 131 Å². The zero-order valence-electron chi connectivity index (χ0n) is 13.1. The zero-order valence-corrected chi connectivity index (χ0v) is 13.1. The summed E-state index contributed by atoms with van der Waals surface area (Å²) >= 11 is 0. The SMILES string of the molecule is Cc1c(-c2ccc3c([n+]2C)CCC=C3)ccc2ccccc12. The molecule has 1 heteroatoms. The molecule has 3 aromatic rings. The van der Waals surface area contributed by atoms with Crippen molar-refractivity contribution in [2.24, 2.45) is 7.05 Å². The van der Waals surface area contributed by atoms with E-state index >= 15 is 0 Å². The molecule has 22 heavy (non-hydrogen) atoms. The second-order valence-corrected chi connectivity index (χ2v) is 6.08. The first-order valence-corrected chi connectivity index (χ1v) is 7.93. The van der Waals surface area contributed by atoms with E-state index in [1.165, 1.54) is 38.9 Å². The summed E-state index contributed by atoms with van der Waals surface area (Å²) < 4.78 is 2.37. The summed E-state index contributed by atoms with van der Waals surface area (Å²) in [4.78, 5) is 0. The maximum Gasteiger partial charge on any atom is 0.212 e. The Morgan fingerprint density at radius 3 is 2.73 bits per heavy atom. The fraction of sp³-hybridized carbons (Fsp3) is 0.190. The Hall–Kier alpha value is -2.41. The molecular formula is C21H20N+. The summed E-state index contributed by atoms with van der Waals surface area (Å²) in [6.45, 7) is 2.23. The number of pyridine rings is 1. The lowest BCUT2D eigenvalue weighted by atomic mass is 9.95. The van der Waals surface area contributed by atoms with E-state index in [1.807, 2.05) is 0 Å². The van der Waals surface area contributed by atoms with Gasteiger partial charge in [0.25, 0.3) is 0 Å². The normalized spacial score (nSPS) is 13.4. The monoisotopic (exact) mass is 286 g/mol. The van der Waals surface area contributed by atoms with Crippen molar-refractivity contribution >= 4 is 16.8 Å². The summed E-state index contributed by atoms with van der Waals surface area (Å²) in [6, 6.07) is 17.6. The molecule has 4 rings (SSSR count). The molecule has 0 atom stereocenters. The van der Waals surface area contributed by atoms with Gasteiger partial charge in [-0.15, -0.1) is 0 Å². The average molecular weight is 286 g/mol. The summed E-state index contributed by atoms with van der Waals surface area (Å²) in [7, 11) is 2.20. The van der Waals surface area contributed by atoms with Gasteiger partial charge in [0.1, 0.15) is 7.05 Å². The largest absolute Gasteiger partial charge is 0.212 e. The summed E-state index contributed by atoms with van der Waals surface area (Å²) in [6.07, 6.45) is 6.78. The molecule has 0 saturated carbocycles. The third-order valence-electron chi connectivity index (χ3n) is 4.84. The Kier molecular flexibility index (Phi) is 3.07. The summed E-state index contributed by atoms with van der Waals surface area (Å²) in [5.41, 5.74) is 6.79. The van der Waals surface area contributed by atoms with Crippen LogP contribution in [0.4, 0.5) is 0 Å². The third kappa shape index (κ3) is 1.97. The lowest BCUT2D eigenvalue weighted by Crippen LogP contribution is -2.37. The van der Waals surface area contributed by atoms with Crippen LogP contribution < -0.4 is 4.57 Å². The van der Waals surface area contributed by atoms with Crippen LogP contribution in [-0.2, 0) is 13.5 Å². The quantitative estimate of drug-likeness (QED) is 0.576. The number of allylic oxidation sites excluding steroid dienone is 1. The van der Waals surface area contributed by atoms with Gasteiger partial charge < -0.3 is 0 Å². The molecule has 0 bridgehead atoms. The molecule has 1 aliphatic carbocycles. The highest BCUT2D eigenvalue weighted by molar-refractivity contribution is 5.90. The molecule has 0 N–H and O–H groups in total. The molecule has 1 heterocycles. The lowest BCUT2D eigenvalue weighted by molar-refractivity contribution is -0.668. The van der Waals surface area contributed by atoms with Gasteiger partial charge in [-0.05, 0) is 41.8 Å². The minimum absolute atomic E-state index is 1.13. The van der Waals surface area contributed by atoms with Crippen LogP contribution in [0.5, 0.6) is 0 Å². The van der Waals surface area contributed by atoms with Gasteiger partial charge in [-0.1, -0.05) is 42.5 Å². The first-order valence-electron chi connectivity index (χ1n) is 7.93. The standard InChI is InChI=1S/C21H20N/c1-15-18-9-5-3-7-16(18)11-13-19(15)21-14-12-17-8-4-6-10-20(17)22(21)2/h3-5,7-9,11-14H,6,10H2,1-2H3/q+1. The van der Waals surface area contributed by atoms with Gasteiger partial charge in [0.15, 0.2) is 5.69 Å². The van der Waals surface area contributed by atoms with Gasteiger partial charge >= 0.3 is 0 Å². The fourth-order valence-electron chi connectivity index (χ4n) is 3.58. The number of hydrogen-bond donors (Lipinski definition) is 0. The molecule has 0 unspecified atom stereocenters.